The molecule has 102 valence electrons. The zero-order chi connectivity index (χ0) is 12.8. The average molecular weight is 253 g/mol. The van der Waals surface area contributed by atoms with Gasteiger partial charge in [-0.3, -0.25) is 0 Å². The Balaban J connectivity index is 1.79. The first-order valence-electron chi connectivity index (χ1n) is 6.86. The Morgan fingerprint density at radius 3 is 2.89 bits per heavy atom. The van der Waals surface area contributed by atoms with E-state index in [0.29, 0.717) is 18.3 Å². The third-order valence-electron chi connectivity index (χ3n) is 3.65. The highest BCUT2D eigenvalue weighted by molar-refractivity contribution is 4.93. The van der Waals surface area contributed by atoms with Crippen molar-refractivity contribution in [2.24, 2.45) is 11.7 Å². The number of hydrogen-bond donors (Lipinski definition) is 1. The molecule has 5 heteroatoms. The number of methoxy groups -OCH3 is 1. The molecule has 0 radical (unpaired) electrons. The smallest absolute Gasteiger partial charge is 0.226 e. The predicted molar refractivity (Wildman–Crippen MR) is 68.0 cm³/mol. The third kappa shape index (κ3) is 3.78. The Morgan fingerprint density at radius 1 is 1.39 bits per heavy atom. The van der Waals surface area contributed by atoms with Gasteiger partial charge in [-0.1, -0.05) is 37.3 Å². The molecular formula is C13H23N3O2. The molecule has 1 aliphatic rings. The fourth-order valence-corrected chi connectivity index (χ4v) is 2.58. The van der Waals surface area contributed by atoms with Crippen molar-refractivity contribution in [3.8, 4) is 0 Å². The quantitative estimate of drug-likeness (QED) is 0.841. The molecule has 0 spiro atoms. The number of nitrogens with two attached hydrogens (primary N) is 1. The lowest BCUT2D eigenvalue weighted by Gasteiger charge is -2.20. The summed E-state index contributed by atoms with van der Waals surface area (Å²) in [4.78, 5) is 4.33. The van der Waals surface area contributed by atoms with E-state index in [2.05, 4.69) is 10.1 Å². The van der Waals surface area contributed by atoms with E-state index < -0.39 is 0 Å². The van der Waals surface area contributed by atoms with Crippen molar-refractivity contribution in [2.45, 2.75) is 51.0 Å². The number of aryl methyl sites for hydroxylation is 1. The van der Waals surface area contributed by atoms with E-state index in [1.165, 1.54) is 32.1 Å². The molecule has 0 saturated heterocycles. The molecule has 1 aromatic heterocycles. The highest BCUT2D eigenvalue weighted by Crippen LogP contribution is 2.27. The molecule has 1 saturated carbocycles. The van der Waals surface area contributed by atoms with Gasteiger partial charge < -0.3 is 15.0 Å². The molecule has 0 amide bonds. The molecule has 1 heterocycles. The lowest BCUT2D eigenvalue weighted by molar-refractivity contribution is 0.177. The van der Waals surface area contributed by atoms with Gasteiger partial charge >= 0.3 is 0 Å². The lowest BCUT2D eigenvalue weighted by atomic mass is 9.86. The van der Waals surface area contributed by atoms with Crippen LogP contribution in [0.3, 0.4) is 0 Å². The second-order valence-electron chi connectivity index (χ2n) is 5.15. The molecule has 5 nitrogen and oxygen atoms in total. The average Bonchev–Trinajstić information content (AvgIpc) is 2.87. The van der Waals surface area contributed by atoms with Gasteiger partial charge in [-0.15, -0.1) is 0 Å². The predicted octanol–water partition coefficient (Wildman–Crippen LogP) is 2.23. The van der Waals surface area contributed by atoms with Crippen LogP contribution in [-0.2, 0) is 11.2 Å². The Morgan fingerprint density at radius 2 is 2.17 bits per heavy atom. The highest BCUT2D eigenvalue weighted by atomic mass is 16.5. The van der Waals surface area contributed by atoms with Crippen LogP contribution in [0.25, 0.3) is 0 Å². The maximum Gasteiger partial charge on any atom is 0.226 e. The summed E-state index contributed by atoms with van der Waals surface area (Å²) in [6.07, 6.45) is 8.87. The summed E-state index contributed by atoms with van der Waals surface area (Å²) in [5.74, 6) is 2.10. The SMILES string of the molecule is COCC(N)c1noc(CCC2CCCCC2)n1. The van der Waals surface area contributed by atoms with E-state index in [1.807, 2.05) is 0 Å². The van der Waals surface area contributed by atoms with E-state index in [-0.39, 0.29) is 6.04 Å². The molecule has 1 aliphatic carbocycles. The number of ether oxygens (including phenoxy) is 1. The van der Waals surface area contributed by atoms with Crippen molar-refractivity contribution < 1.29 is 9.26 Å². The fraction of sp³-hybridized carbons (Fsp3) is 0.846. The number of nitrogens with zero attached hydrogens (tertiary/aromatic N) is 2. The minimum absolute atomic E-state index is 0.290. The van der Waals surface area contributed by atoms with Crippen molar-refractivity contribution in [1.82, 2.24) is 10.1 Å². The van der Waals surface area contributed by atoms with Crippen LogP contribution in [0.4, 0.5) is 0 Å². The van der Waals surface area contributed by atoms with E-state index in [0.717, 1.165) is 18.8 Å². The topological polar surface area (TPSA) is 74.2 Å². The maximum absolute atomic E-state index is 5.85. The van der Waals surface area contributed by atoms with Crippen LogP contribution in [-0.4, -0.2) is 23.9 Å². The van der Waals surface area contributed by atoms with Gasteiger partial charge in [0.05, 0.1) is 12.6 Å². The summed E-state index contributed by atoms with van der Waals surface area (Å²) in [6.45, 7) is 0.418. The molecule has 18 heavy (non-hydrogen) atoms. The molecule has 0 aromatic carbocycles. The number of hydrogen-bond acceptors (Lipinski definition) is 5. The van der Waals surface area contributed by atoms with Gasteiger partial charge in [0.1, 0.15) is 0 Å². The fourth-order valence-electron chi connectivity index (χ4n) is 2.58. The molecule has 1 fully saturated rings. The van der Waals surface area contributed by atoms with Crippen molar-refractivity contribution in [1.29, 1.82) is 0 Å². The Labute approximate surface area is 108 Å². The summed E-state index contributed by atoms with van der Waals surface area (Å²) in [5.41, 5.74) is 5.85. The van der Waals surface area contributed by atoms with Crippen LogP contribution in [0.5, 0.6) is 0 Å². The second kappa shape index (κ2) is 6.85. The van der Waals surface area contributed by atoms with Crippen LogP contribution in [0.15, 0.2) is 4.52 Å². The van der Waals surface area contributed by atoms with E-state index in [1.54, 1.807) is 7.11 Å². The largest absolute Gasteiger partial charge is 0.383 e. The van der Waals surface area contributed by atoms with Gasteiger partial charge in [0.25, 0.3) is 0 Å². The zero-order valence-corrected chi connectivity index (χ0v) is 11.1. The number of rotatable bonds is 6. The van der Waals surface area contributed by atoms with Crippen LogP contribution >= 0.6 is 0 Å². The monoisotopic (exact) mass is 253 g/mol. The first kappa shape index (κ1) is 13.5. The molecule has 2 rings (SSSR count). The third-order valence-corrected chi connectivity index (χ3v) is 3.65. The zero-order valence-electron chi connectivity index (χ0n) is 11.1. The van der Waals surface area contributed by atoms with E-state index in [9.17, 15) is 0 Å². The molecular weight excluding hydrogens is 230 g/mol. The van der Waals surface area contributed by atoms with Gasteiger partial charge in [0.2, 0.25) is 5.89 Å². The van der Waals surface area contributed by atoms with Crippen molar-refractivity contribution in [3.63, 3.8) is 0 Å². The molecule has 1 aromatic rings. The standard InChI is InChI=1S/C13H23N3O2/c1-17-9-11(14)13-15-12(18-16-13)8-7-10-5-3-2-4-6-10/h10-11H,2-9,14H2,1H3. The minimum Gasteiger partial charge on any atom is -0.383 e. The Bertz CT molecular complexity index is 348. The first-order valence-corrected chi connectivity index (χ1v) is 6.86. The van der Waals surface area contributed by atoms with Crippen LogP contribution < -0.4 is 5.73 Å². The maximum atomic E-state index is 5.85. The molecule has 2 N–H and O–H groups in total. The lowest BCUT2D eigenvalue weighted by Crippen LogP contribution is -2.17. The van der Waals surface area contributed by atoms with Crippen LogP contribution in [0.1, 0.15) is 56.3 Å². The Hall–Kier alpha value is -0.940. The van der Waals surface area contributed by atoms with Gasteiger partial charge in [0, 0.05) is 13.5 Å². The van der Waals surface area contributed by atoms with Crippen molar-refractivity contribution in [3.05, 3.63) is 11.7 Å². The molecule has 0 bridgehead atoms. The Kier molecular flexibility index (Phi) is 5.13. The van der Waals surface area contributed by atoms with Crippen LogP contribution in [0, 0.1) is 5.92 Å². The number of aromatic nitrogens is 2. The highest BCUT2D eigenvalue weighted by Gasteiger charge is 2.17. The van der Waals surface area contributed by atoms with Crippen molar-refractivity contribution >= 4 is 0 Å². The summed E-state index contributed by atoms with van der Waals surface area (Å²) in [5, 5.41) is 3.91. The molecule has 1 unspecified atom stereocenters. The summed E-state index contributed by atoms with van der Waals surface area (Å²) >= 11 is 0. The van der Waals surface area contributed by atoms with E-state index >= 15 is 0 Å². The normalized spacial score (nSPS) is 19.0. The van der Waals surface area contributed by atoms with Gasteiger partial charge in [0.15, 0.2) is 5.82 Å². The first-order chi connectivity index (χ1) is 8.79. The molecule has 1 atom stereocenters. The summed E-state index contributed by atoms with van der Waals surface area (Å²) in [6, 6.07) is -0.290. The van der Waals surface area contributed by atoms with Gasteiger partial charge in [-0.2, -0.15) is 4.98 Å². The van der Waals surface area contributed by atoms with Crippen molar-refractivity contribution in [2.75, 3.05) is 13.7 Å². The summed E-state index contributed by atoms with van der Waals surface area (Å²) in [7, 11) is 1.62. The van der Waals surface area contributed by atoms with E-state index in [4.69, 9.17) is 15.0 Å². The van der Waals surface area contributed by atoms with Gasteiger partial charge in [-0.25, -0.2) is 0 Å². The van der Waals surface area contributed by atoms with Gasteiger partial charge in [-0.05, 0) is 12.3 Å². The molecule has 0 aliphatic heterocycles. The summed E-state index contributed by atoms with van der Waals surface area (Å²) < 4.78 is 10.2. The van der Waals surface area contributed by atoms with Crippen LogP contribution in [0.2, 0.25) is 0 Å². The minimum atomic E-state index is -0.290. The second-order valence-corrected chi connectivity index (χ2v) is 5.15.